The summed E-state index contributed by atoms with van der Waals surface area (Å²) in [6, 6.07) is 0.190. The molecule has 4 nitrogen and oxygen atoms in total. The molecule has 0 aromatic rings. The highest BCUT2D eigenvalue weighted by molar-refractivity contribution is 5.79. The van der Waals surface area contributed by atoms with Crippen molar-refractivity contribution in [1.29, 1.82) is 0 Å². The first kappa shape index (κ1) is 10.9. The number of aliphatic hydroxyl groups is 1. The van der Waals surface area contributed by atoms with Crippen LogP contribution in [0.1, 0.15) is 19.8 Å². The number of aliphatic hydroxyl groups excluding tert-OH is 1. The van der Waals surface area contributed by atoms with Crippen LogP contribution in [0, 0.1) is 5.92 Å². The Labute approximate surface area is 90.9 Å². The van der Waals surface area contributed by atoms with E-state index in [1.54, 1.807) is 0 Å². The SMILES string of the molecule is CC1CCN(CC(=O)N2CCC2)C1CO. The summed E-state index contributed by atoms with van der Waals surface area (Å²) in [6.45, 7) is 5.61. The zero-order chi connectivity index (χ0) is 10.8. The molecule has 0 bridgehead atoms. The lowest BCUT2D eigenvalue weighted by molar-refractivity contribution is -0.136. The maximum Gasteiger partial charge on any atom is 0.236 e. The largest absolute Gasteiger partial charge is 0.395 e. The van der Waals surface area contributed by atoms with Crippen molar-refractivity contribution in [2.45, 2.75) is 25.8 Å². The molecule has 0 saturated carbocycles. The van der Waals surface area contributed by atoms with E-state index in [1.807, 2.05) is 4.90 Å². The van der Waals surface area contributed by atoms with Crippen molar-refractivity contribution in [3.8, 4) is 0 Å². The van der Waals surface area contributed by atoms with Gasteiger partial charge in [0.05, 0.1) is 13.2 Å². The minimum atomic E-state index is 0.175. The van der Waals surface area contributed by atoms with E-state index in [9.17, 15) is 9.90 Å². The number of rotatable bonds is 3. The fourth-order valence-corrected chi connectivity index (χ4v) is 2.42. The van der Waals surface area contributed by atoms with Gasteiger partial charge in [0.25, 0.3) is 0 Å². The molecule has 86 valence electrons. The number of likely N-dealkylation sites (tertiary alicyclic amines) is 2. The second-order valence-electron chi connectivity index (χ2n) is 4.72. The third-order valence-corrected chi connectivity index (χ3v) is 3.73. The lowest BCUT2D eigenvalue weighted by atomic mass is 10.0. The summed E-state index contributed by atoms with van der Waals surface area (Å²) < 4.78 is 0. The van der Waals surface area contributed by atoms with Gasteiger partial charge in [-0.15, -0.1) is 0 Å². The van der Waals surface area contributed by atoms with Crippen LogP contribution in [0.2, 0.25) is 0 Å². The summed E-state index contributed by atoms with van der Waals surface area (Å²) in [5.41, 5.74) is 0. The topological polar surface area (TPSA) is 43.8 Å². The molecule has 2 unspecified atom stereocenters. The van der Waals surface area contributed by atoms with Gasteiger partial charge in [0, 0.05) is 19.1 Å². The predicted molar refractivity (Wildman–Crippen MR) is 57.4 cm³/mol. The highest BCUT2D eigenvalue weighted by Crippen LogP contribution is 2.23. The summed E-state index contributed by atoms with van der Waals surface area (Å²) in [4.78, 5) is 15.8. The number of carbonyl (C=O) groups excluding carboxylic acids is 1. The standard InChI is InChI=1S/C11H20N2O2/c1-9-3-6-13(10(9)8-14)7-11(15)12-4-2-5-12/h9-10,14H,2-8H2,1H3. The minimum Gasteiger partial charge on any atom is -0.395 e. The molecular formula is C11H20N2O2. The molecule has 4 heteroatoms. The summed E-state index contributed by atoms with van der Waals surface area (Å²) in [5.74, 6) is 0.744. The Bertz CT molecular complexity index is 241. The summed E-state index contributed by atoms with van der Waals surface area (Å²) >= 11 is 0. The van der Waals surface area contributed by atoms with Crippen molar-refractivity contribution >= 4 is 5.91 Å². The first-order valence-corrected chi connectivity index (χ1v) is 5.85. The van der Waals surface area contributed by atoms with Crippen LogP contribution in [0.5, 0.6) is 0 Å². The lowest BCUT2D eigenvalue weighted by Crippen LogP contribution is -2.49. The zero-order valence-corrected chi connectivity index (χ0v) is 9.35. The van der Waals surface area contributed by atoms with Crippen LogP contribution in [0.3, 0.4) is 0 Å². The smallest absolute Gasteiger partial charge is 0.236 e. The van der Waals surface area contributed by atoms with Crippen molar-refractivity contribution in [2.75, 3.05) is 32.8 Å². The molecule has 0 spiro atoms. The fraction of sp³-hybridized carbons (Fsp3) is 0.909. The predicted octanol–water partition coefficient (Wildman–Crippen LogP) is -0.0786. The Morgan fingerprint density at radius 1 is 1.40 bits per heavy atom. The van der Waals surface area contributed by atoms with Gasteiger partial charge in [-0.25, -0.2) is 0 Å². The Hall–Kier alpha value is -0.610. The molecule has 0 aliphatic carbocycles. The Balaban J connectivity index is 1.85. The number of hydrogen-bond donors (Lipinski definition) is 1. The van der Waals surface area contributed by atoms with Gasteiger partial charge in [-0.05, 0) is 25.3 Å². The molecular weight excluding hydrogens is 192 g/mol. The van der Waals surface area contributed by atoms with Crippen LogP contribution in [0.4, 0.5) is 0 Å². The fourth-order valence-electron chi connectivity index (χ4n) is 2.42. The Morgan fingerprint density at radius 2 is 2.13 bits per heavy atom. The van der Waals surface area contributed by atoms with Crippen LogP contribution in [0.25, 0.3) is 0 Å². The van der Waals surface area contributed by atoms with Crippen molar-refractivity contribution in [1.82, 2.24) is 9.80 Å². The van der Waals surface area contributed by atoms with Crippen LogP contribution in [-0.2, 0) is 4.79 Å². The first-order chi connectivity index (χ1) is 7.22. The molecule has 2 aliphatic rings. The molecule has 0 radical (unpaired) electrons. The lowest BCUT2D eigenvalue weighted by Gasteiger charge is -2.33. The molecule has 1 amide bonds. The quantitative estimate of drug-likeness (QED) is 0.711. The maximum atomic E-state index is 11.8. The molecule has 0 aromatic carbocycles. The molecule has 2 aliphatic heterocycles. The second-order valence-corrected chi connectivity index (χ2v) is 4.72. The van der Waals surface area contributed by atoms with Crippen LogP contribution in [0.15, 0.2) is 0 Å². The van der Waals surface area contributed by atoms with Gasteiger partial charge in [0.1, 0.15) is 0 Å². The normalized spacial score (nSPS) is 31.7. The summed E-state index contributed by atoms with van der Waals surface area (Å²) in [7, 11) is 0. The molecule has 1 N–H and O–H groups in total. The Kier molecular flexibility index (Phi) is 3.26. The number of carbonyl (C=O) groups is 1. The van der Waals surface area contributed by atoms with Crippen LogP contribution < -0.4 is 0 Å². The molecule has 15 heavy (non-hydrogen) atoms. The van der Waals surface area contributed by atoms with E-state index in [4.69, 9.17) is 0 Å². The van der Waals surface area contributed by atoms with E-state index in [-0.39, 0.29) is 18.6 Å². The average molecular weight is 212 g/mol. The van der Waals surface area contributed by atoms with Gasteiger partial charge < -0.3 is 10.0 Å². The highest BCUT2D eigenvalue weighted by atomic mass is 16.3. The molecule has 2 saturated heterocycles. The van der Waals surface area contributed by atoms with Crippen LogP contribution >= 0.6 is 0 Å². The van der Waals surface area contributed by atoms with E-state index < -0.39 is 0 Å². The van der Waals surface area contributed by atoms with Crippen LogP contribution in [-0.4, -0.2) is 59.6 Å². The monoisotopic (exact) mass is 212 g/mol. The van der Waals surface area contributed by atoms with Crippen molar-refractivity contribution in [3.63, 3.8) is 0 Å². The van der Waals surface area contributed by atoms with E-state index >= 15 is 0 Å². The first-order valence-electron chi connectivity index (χ1n) is 5.85. The zero-order valence-electron chi connectivity index (χ0n) is 9.35. The van der Waals surface area contributed by atoms with Crippen molar-refractivity contribution in [2.24, 2.45) is 5.92 Å². The average Bonchev–Trinajstić information content (AvgIpc) is 2.43. The molecule has 2 rings (SSSR count). The van der Waals surface area contributed by atoms with E-state index in [0.717, 1.165) is 32.5 Å². The van der Waals surface area contributed by atoms with Gasteiger partial charge >= 0.3 is 0 Å². The Morgan fingerprint density at radius 3 is 2.67 bits per heavy atom. The maximum absolute atomic E-state index is 11.8. The molecule has 2 atom stereocenters. The van der Waals surface area contributed by atoms with Gasteiger partial charge in [-0.3, -0.25) is 9.69 Å². The van der Waals surface area contributed by atoms with E-state index in [2.05, 4.69) is 11.8 Å². The molecule has 2 fully saturated rings. The van der Waals surface area contributed by atoms with Gasteiger partial charge in [0.2, 0.25) is 5.91 Å². The highest BCUT2D eigenvalue weighted by Gasteiger charge is 2.33. The number of amides is 1. The van der Waals surface area contributed by atoms with Gasteiger partial charge in [-0.1, -0.05) is 6.92 Å². The third kappa shape index (κ3) is 2.16. The van der Waals surface area contributed by atoms with E-state index in [0.29, 0.717) is 12.5 Å². The summed E-state index contributed by atoms with van der Waals surface area (Å²) in [5, 5.41) is 9.26. The van der Waals surface area contributed by atoms with E-state index in [1.165, 1.54) is 0 Å². The molecule has 2 heterocycles. The van der Waals surface area contributed by atoms with Gasteiger partial charge in [-0.2, -0.15) is 0 Å². The third-order valence-electron chi connectivity index (χ3n) is 3.73. The molecule has 0 aromatic heterocycles. The summed E-state index contributed by atoms with van der Waals surface area (Å²) in [6.07, 6.45) is 2.24. The van der Waals surface area contributed by atoms with Crippen molar-refractivity contribution in [3.05, 3.63) is 0 Å². The van der Waals surface area contributed by atoms with Gasteiger partial charge in [0.15, 0.2) is 0 Å². The number of nitrogens with zero attached hydrogens (tertiary/aromatic N) is 2. The number of hydrogen-bond acceptors (Lipinski definition) is 3. The van der Waals surface area contributed by atoms with Crippen molar-refractivity contribution < 1.29 is 9.90 Å². The minimum absolute atomic E-state index is 0.175. The second kappa shape index (κ2) is 4.49.